The molecule has 3 N–H and O–H groups in total. The van der Waals surface area contributed by atoms with E-state index >= 15 is 0 Å². The van der Waals surface area contributed by atoms with Crippen molar-refractivity contribution in [2.75, 3.05) is 13.6 Å². The molecule has 0 fully saturated rings. The van der Waals surface area contributed by atoms with E-state index in [2.05, 4.69) is 5.16 Å². The summed E-state index contributed by atoms with van der Waals surface area (Å²) in [6.45, 7) is 2.15. The minimum atomic E-state index is -0.220. The zero-order chi connectivity index (χ0) is 15.3. The van der Waals surface area contributed by atoms with Crippen LogP contribution in [0.4, 0.5) is 0 Å². The Balaban J connectivity index is 2.64. The Morgan fingerprint density at radius 1 is 1.45 bits per heavy atom. The molecule has 1 aromatic carbocycles. The molecule has 0 aliphatic heterocycles. The third-order valence-electron chi connectivity index (χ3n) is 2.93. The number of amidine groups is 1. The molecule has 0 saturated heterocycles. The summed E-state index contributed by atoms with van der Waals surface area (Å²) in [5, 5.41) is 12.4. The predicted octanol–water partition coefficient (Wildman–Crippen LogP) is 2.38. The van der Waals surface area contributed by atoms with Crippen LogP contribution in [0.3, 0.4) is 0 Å². The predicted molar refractivity (Wildman–Crippen MR) is 80.4 cm³/mol. The summed E-state index contributed by atoms with van der Waals surface area (Å²) in [6.07, 6.45) is 0.219. The van der Waals surface area contributed by atoms with Crippen molar-refractivity contribution in [2.24, 2.45) is 16.8 Å². The third kappa shape index (κ3) is 4.58. The van der Waals surface area contributed by atoms with Gasteiger partial charge in [0.25, 0.3) is 0 Å². The van der Waals surface area contributed by atoms with E-state index in [0.29, 0.717) is 16.6 Å². The Bertz CT molecular complexity index is 520. The lowest BCUT2D eigenvalue weighted by atomic mass is 10.1. The Morgan fingerprint density at radius 2 is 2.10 bits per heavy atom. The molecule has 0 radical (unpaired) electrons. The highest BCUT2D eigenvalue weighted by atomic mass is 35.5. The summed E-state index contributed by atoms with van der Waals surface area (Å²) in [7, 11) is 1.67. The van der Waals surface area contributed by atoms with Gasteiger partial charge in [-0.05, 0) is 17.7 Å². The van der Waals surface area contributed by atoms with Crippen LogP contribution in [-0.4, -0.2) is 35.4 Å². The average molecular weight is 318 g/mol. The number of oxime groups is 1. The number of hydrogen-bond acceptors (Lipinski definition) is 3. The average Bonchev–Trinajstić information content (AvgIpc) is 2.41. The SMILES string of the molecule is CC(CN(C)C(=O)Cc1ccc(Cl)c(Cl)c1)C(N)=NO. The quantitative estimate of drug-likeness (QED) is 0.379. The van der Waals surface area contributed by atoms with E-state index in [1.807, 2.05) is 0 Å². The first-order valence-electron chi connectivity index (χ1n) is 6.00. The molecule has 20 heavy (non-hydrogen) atoms. The van der Waals surface area contributed by atoms with E-state index in [1.54, 1.807) is 32.2 Å². The maximum Gasteiger partial charge on any atom is 0.226 e. The maximum atomic E-state index is 12.1. The standard InChI is InChI=1S/C13H17Cl2N3O2/c1-8(13(16)17-20)7-18(2)12(19)6-9-3-4-10(14)11(15)5-9/h3-5,8,20H,6-7H2,1-2H3,(H2,16,17). The number of nitrogens with two attached hydrogens (primary N) is 1. The molecular weight excluding hydrogens is 301 g/mol. The van der Waals surface area contributed by atoms with E-state index in [1.165, 1.54) is 4.90 Å². The van der Waals surface area contributed by atoms with E-state index < -0.39 is 0 Å². The molecule has 0 bridgehead atoms. The number of carbonyl (C=O) groups is 1. The number of likely N-dealkylation sites (N-methyl/N-ethyl adjacent to an activating group) is 1. The van der Waals surface area contributed by atoms with Crippen molar-refractivity contribution >= 4 is 34.9 Å². The molecule has 0 aliphatic rings. The zero-order valence-electron chi connectivity index (χ0n) is 11.3. The zero-order valence-corrected chi connectivity index (χ0v) is 12.8. The van der Waals surface area contributed by atoms with Crippen LogP contribution >= 0.6 is 23.2 Å². The van der Waals surface area contributed by atoms with Crippen LogP contribution in [-0.2, 0) is 11.2 Å². The molecule has 0 saturated carbocycles. The molecule has 5 nitrogen and oxygen atoms in total. The Labute approximate surface area is 127 Å². The molecule has 0 heterocycles. The van der Waals surface area contributed by atoms with Gasteiger partial charge < -0.3 is 15.8 Å². The Morgan fingerprint density at radius 3 is 2.65 bits per heavy atom. The first kappa shape index (κ1) is 16.6. The topological polar surface area (TPSA) is 78.9 Å². The number of rotatable bonds is 5. The fourth-order valence-corrected chi connectivity index (χ4v) is 1.98. The van der Waals surface area contributed by atoms with Crippen molar-refractivity contribution in [3.05, 3.63) is 33.8 Å². The van der Waals surface area contributed by atoms with Gasteiger partial charge in [-0.3, -0.25) is 4.79 Å². The molecule has 1 unspecified atom stereocenters. The van der Waals surface area contributed by atoms with Gasteiger partial charge in [0, 0.05) is 19.5 Å². The lowest BCUT2D eigenvalue weighted by molar-refractivity contribution is -0.129. The second-order valence-corrected chi connectivity index (χ2v) is 5.44. The molecule has 1 aromatic rings. The number of hydrogen-bond donors (Lipinski definition) is 2. The lowest BCUT2D eigenvalue weighted by Crippen LogP contribution is -2.37. The van der Waals surface area contributed by atoms with Crippen LogP contribution in [0.5, 0.6) is 0 Å². The monoisotopic (exact) mass is 317 g/mol. The van der Waals surface area contributed by atoms with Gasteiger partial charge in [0.1, 0.15) is 5.84 Å². The fourth-order valence-electron chi connectivity index (χ4n) is 1.66. The van der Waals surface area contributed by atoms with Crippen LogP contribution in [0.25, 0.3) is 0 Å². The van der Waals surface area contributed by atoms with E-state index in [9.17, 15) is 4.79 Å². The first-order chi connectivity index (χ1) is 9.35. The first-order valence-corrected chi connectivity index (χ1v) is 6.76. The summed E-state index contributed by atoms with van der Waals surface area (Å²) in [5.41, 5.74) is 6.27. The smallest absolute Gasteiger partial charge is 0.226 e. The normalized spacial score (nSPS) is 13.1. The van der Waals surface area contributed by atoms with Crippen molar-refractivity contribution in [1.29, 1.82) is 0 Å². The molecule has 0 aliphatic carbocycles. The molecule has 110 valence electrons. The molecule has 0 spiro atoms. The number of amides is 1. The lowest BCUT2D eigenvalue weighted by Gasteiger charge is -2.21. The van der Waals surface area contributed by atoms with Gasteiger partial charge in [-0.25, -0.2) is 0 Å². The van der Waals surface area contributed by atoms with Gasteiger partial charge in [0.05, 0.1) is 16.5 Å². The van der Waals surface area contributed by atoms with Crippen molar-refractivity contribution in [2.45, 2.75) is 13.3 Å². The summed E-state index contributed by atoms with van der Waals surface area (Å²) in [4.78, 5) is 13.6. The molecule has 7 heteroatoms. The molecule has 1 amide bonds. The maximum absolute atomic E-state index is 12.1. The van der Waals surface area contributed by atoms with Crippen molar-refractivity contribution in [3.8, 4) is 0 Å². The van der Waals surface area contributed by atoms with Gasteiger partial charge in [0.2, 0.25) is 5.91 Å². The molecule has 1 atom stereocenters. The van der Waals surface area contributed by atoms with Crippen LogP contribution < -0.4 is 5.73 Å². The van der Waals surface area contributed by atoms with Crippen molar-refractivity contribution in [3.63, 3.8) is 0 Å². The van der Waals surface area contributed by atoms with Crippen LogP contribution in [0, 0.1) is 5.92 Å². The molecule has 0 aromatic heterocycles. The summed E-state index contributed by atoms with van der Waals surface area (Å²) in [5.74, 6) is -0.206. The molecule has 1 rings (SSSR count). The van der Waals surface area contributed by atoms with E-state index in [4.69, 9.17) is 34.1 Å². The summed E-state index contributed by atoms with van der Waals surface area (Å²) >= 11 is 11.7. The van der Waals surface area contributed by atoms with E-state index in [0.717, 1.165) is 5.56 Å². The highest BCUT2D eigenvalue weighted by Gasteiger charge is 2.16. The van der Waals surface area contributed by atoms with Crippen LogP contribution in [0.1, 0.15) is 12.5 Å². The summed E-state index contributed by atoms with van der Waals surface area (Å²) < 4.78 is 0. The number of halogens is 2. The second kappa shape index (κ2) is 7.36. The number of nitrogens with zero attached hydrogens (tertiary/aromatic N) is 2. The number of carbonyl (C=O) groups excluding carboxylic acids is 1. The van der Waals surface area contributed by atoms with Gasteiger partial charge >= 0.3 is 0 Å². The van der Waals surface area contributed by atoms with Crippen LogP contribution in [0.2, 0.25) is 10.0 Å². The minimum Gasteiger partial charge on any atom is -0.409 e. The number of benzene rings is 1. The second-order valence-electron chi connectivity index (χ2n) is 4.63. The Hall–Kier alpha value is -1.46. The van der Waals surface area contributed by atoms with Gasteiger partial charge in [0.15, 0.2) is 0 Å². The van der Waals surface area contributed by atoms with Crippen molar-refractivity contribution in [1.82, 2.24) is 4.90 Å². The Kier molecular flexibility index (Phi) is 6.10. The van der Waals surface area contributed by atoms with Crippen molar-refractivity contribution < 1.29 is 10.0 Å². The van der Waals surface area contributed by atoms with Crippen LogP contribution in [0.15, 0.2) is 23.4 Å². The van der Waals surface area contributed by atoms with Gasteiger partial charge in [-0.2, -0.15) is 0 Å². The van der Waals surface area contributed by atoms with Gasteiger partial charge in [-0.15, -0.1) is 0 Å². The summed E-state index contributed by atoms with van der Waals surface area (Å²) in [6, 6.07) is 5.08. The fraction of sp³-hybridized carbons (Fsp3) is 0.385. The molecular formula is C13H17Cl2N3O2. The largest absolute Gasteiger partial charge is 0.409 e. The highest BCUT2D eigenvalue weighted by molar-refractivity contribution is 6.42. The third-order valence-corrected chi connectivity index (χ3v) is 3.67. The van der Waals surface area contributed by atoms with E-state index in [-0.39, 0.29) is 24.1 Å². The highest BCUT2D eigenvalue weighted by Crippen LogP contribution is 2.23. The minimum absolute atomic E-state index is 0.0824. The van der Waals surface area contributed by atoms with Gasteiger partial charge in [-0.1, -0.05) is 41.3 Å².